The normalized spacial score (nSPS) is 22.0. The van der Waals surface area contributed by atoms with Crippen LogP contribution in [0.1, 0.15) is 52.4 Å². The highest BCUT2D eigenvalue weighted by atomic mass is 127. The number of guanidine groups is 1. The Morgan fingerprint density at radius 1 is 1.19 bits per heavy atom. The number of nitrogens with zero attached hydrogens (tertiary/aromatic N) is 2. The van der Waals surface area contributed by atoms with Crippen molar-refractivity contribution < 1.29 is 9.84 Å². The van der Waals surface area contributed by atoms with Crippen LogP contribution in [-0.4, -0.2) is 75.1 Å². The lowest BCUT2D eigenvalue weighted by atomic mass is 9.72. The van der Waals surface area contributed by atoms with Crippen LogP contribution in [0.5, 0.6) is 0 Å². The van der Waals surface area contributed by atoms with E-state index in [4.69, 9.17) is 9.73 Å². The van der Waals surface area contributed by atoms with E-state index in [-0.39, 0.29) is 36.0 Å². The maximum Gasteiger partial charge on any atom is 0.191 e. The van der Waals surface area contributed by atoms with Gasteiger partial charge in [0.25, 0.3) is 0 Å². The first-order chi connectivity index (χ1) is 12.7. The van der Waals surface area contributed by atoms with E-state index in [9.17, 15) is 5.11 Å². The maximum absolute atomic E-state index is 9.49. The zero-order valence-corrected chi connectivity index (χ0v) is 19.7. The van der Waals surface area contributed by atoms with Crippen LogP contribution in [0, 0.1) is 11.3 Å². The van der Waals surface area contributed by atoms with Gasteiger partial charge in [0.15, 0.2) is 5.96 Å². The average molecular weight is 496 g/mol. The molecule has 7 heteroatoms. The van der Waals surface area contributed by atoms with Crippen molar-refractivity contribution in [1.29, 1.82) is 0 Å². The van der Waals surface area contributed by atoms with Gasteiger partial charge in [-0.15, -0.1) is 24.0 Å². The van der Waals surface area contributed by atoms with Crippen LogP contribution in [0.4, 0.5) is 0 Å². The molecule has 1 saturated heterocycles. The number of hydrogen-bond acceptors (Lipinski definition) is 4. The van der Waals surface area contributed by atoms with Gasteiger partial charge in [-0.25, -0.2) is 0 Å². The van der Waals surface area contributed by atoms with Crippen LogP contribution in [0.25, 0.3) is 0 Å². The molecule has 1 aliphatic carbocycles. The largest absolute Gasteiger partial charge is 0.396 e. The van der Waals surface area contributed by atoms with Crippen LogP contribution in [-0.2, 0) is 4.74 Å². The minimum atomic E-state index is 0. The Balaban J connectivity index is 0.00000364. The molecule has 2 fully saturated rings. The molecule has 1 heterocycles. The molecule has 27 heavy (non-hydrogen) atoms. The maximum atomic E-state index is 9.49. The van der Waals surface area contributed by atoms with Gasteiger partial charge in [-0.1, -0.05) is 26.2 Å². The minimum Gasteiger partial charge on any atom is -0.396 e. The third-order valence-electron chi connectivity index (χ3n) is 5.76. The predicted octanol–water partition coefficient (Wildman–Crippen LogP) is 2.46. The van der Waals surface area contributed by atoms with Crippen molar-refractivity contribution in [3.63, 3.8) is 0 Å². The lowest BCUT2D eigenvalue weighted by Gasteiger charge is -2.36. The quantitative estimate of drug-likeness (QED) is 0.260. The Bertz CT molecular complexity index is 405. The first-order valence-electron chi connectivity index (χ1n) is 10.6. The van der Waals surface area contributed by atoms with Gasteiger partial charge in [-0.3, -0.25) is 9.89 Å². The van der Waals surface area contributed by atoms with Gasteiger partial charge in [0.05, 0.1) is 13.2 Å². The summed E-state index contributed by atoms with van der Waals surface area (Å²) in [6.07, 6.45) is 7.15. The molecule has 0 radical (unpaired) electrons. The van der Waals surface area contributed by atoms with E-state index < -0.39 is 0 Å². The van der Waals surface area contributed by atoms with Crippen LogP contribution in [0.15, 0.2) is 4.99 Å². The topological polar surface area (TPSA) is 69.1 Å². The number of aliphatic hydroxyl groups is 1. The van der Waals surface area contributed by atoms with Crippen LogP contribution < -0.4 is 10.6 Å². The molecule has 1 saturated carbocycles. The Hall–Kier alpha value is -0.120. The van der Waals surface area contributed by atoms with E-state index >= 15 is 0 Å². The van der Waals surface area contributed by atoms with Gasteiger partial charge >= 0.3 is 0 Å². The van der Waals surface area contributed by atoms with Gasteiger partial charge < -0.3 is 20.5 Å². The molecule has 1 aliphatic heterocycles. The SMILES string of the molecule is CCNC(=NCC1(CCO)CCCCC1)NCC(C)CN1CCOCC1.I. The van der Waals surface area contributed by atoms with Crippen molar-refractivity contribution >= 4 is 29.9 Å². The second-order valence-electron chi connectivity index (χ2n) is 8.13. The van der Waals surface area contributed by atoms with E-state index in [2.05, 4.69) is 29.4 Å². The zero-order chi connectivity index (χ0) is 18.7. The summed E-state index contributed by atoms with van der Waals surface area (Å²) in [4.78, 5) is 7.38. The van der Waals surface area contributed by atoms with E-state index in [1.54, 1.807) is 0 Å². The number of morpholine rings is 1. The fourth-order valence-electron chi connectivity index (χ4n) is 4.17. The van der Waals surface area contributed by atoms with Crippen molar-refractivity contribution in [2.45, 2.75) is 52.4 Å². The van der Waals surface area contributed by atoms with E-state index in [1.165, 1.54) is 32.1 Å². The summed E-state index contributed by atoms with van der Waals surface area (Å²) in [5.74, 6) is 1.49. The number of rotatable bonds is 9. The Kier molecular flexibility index (Phi) is 12.9. The van der Waals surface area contributed by atoms with Crippen molar-refractivity contribution in [2.75, 3.05) is 59.1 Å². The number of halogens is 1. The van der Waals surface area contributed by atoms with E-state index in [1.807, 2.05) is 0 Å². The molecular formula is C20H41IN4O2. The number of aliphatic imine (C=N–C) groups is 1. The lowest BCUT2D eigenvalue weighted by Crippen LogP contribution is -2.44. The predicted molar refractivity (Wildman–Crippen MR) is 123 cm³/mol. The molecule has 0 aromatic rings. The number of ether oxygens (including phenoxy) is 1. The molecule has 3 N–H and O–H groups in total. The Labute approximate surface area is 182 Å². The minimum absolute atomic E-state index is 0. The average Bonchev–Trinajstić information content (AvgIpc) is 2.66. The van der Waals surface area contributed by atoms with Crippen molar-refractivity contribution in [1.82, 2.24) is 15.5 Å². The van der Waals surface area contributed by atoms with Crippen LogP contribution in [0.2, 0.25) is 0 Å². The summed E-state index contributed by atoms with van der Waals surface area (Å²) in [6, 6.07) is 0. The summed E-state index contributed by atoms with van der Waals surface area (Å²) < 4.78 is 5.43. The van der Waals surface area contributed by atoms with Crippen molar-refractivity contribution in [3.05, 3.63) is 0 Å². The van der Waals surface area contributed by atoms with Gasteiger partial charge in [-0.05, 0) is 37.5 Å². The summed E-state index contributed by atoms with van der Waals surface area (Å²) >= 11 is 0. The highest BCUT2D eigenvalue weighted by molar-refractivity contribution is 14.0. The lowest BCUT2D eigenvalue weighted by molar-refractivity contribution is 0.0320. The summed E-state index contributed by atoms with van der Waals surface area (Å²) in [5.41, 5.74) is 0.203. The third-order valence-corrected chi connectivity index (χ3v) is 5.76. The molecule has 0 spiro atoms. The number of nitrogens with one attached hydrogen (secondary N) is 2. The fraction of sp³-hybridized carbons (Fsp3) is 0.950. The van der Waals surface area contributed by atoms with Crippen molar-refractivity contribution in [3.8, 4) is 0 Å². The number of hydrogen-bond donors (Lipinski definition) is 3. The van der Waals surface area contributed by atoms with E-state index in [0.29, 0.717) is 5.92 Å². The highest BCUT2D eigenvalue weighted by Crippen LogP contribution is 2.39. The zero-order valence-electron chi connectivity index (χ0n) is 17.3. The van der Waals surface area contributed by atoms with Crippen LogP contribution >= 0.6 is 24.0 Å². The molecule has 160 valence electrons. The second-order valence-corrected chi connectivity index (χ2v) is 8.13. The second kappa shape index (κ2) is 14.0. The third kappa shape index (κ3) is 9.28. The molecular weight excluding hydrogens is 455 g/mol. The number of aliphatic hydroxyl groups excluding tert-OH is 1. The molecule has 6 nitrogen and oxygen atoms in total. The standard InChI is InChI=1S/C20H40N4O2.HI/c1-3-21-19(22-15-18(2)16-24-10-13-26-14-11-24)23-17-20(9-12-25)7-5-4-6-8-20;/h18,25H,3-17H2,1-2H3,(H2,21,22,23);1H. The highest BCUT2D eigenvalue weighted by Gasteiger charge is 2.31. The molecule has 2 rings (SSSR count). The van der Waals surface area contributed by atoms with Crippen molar-refractivity contribution in [2.24, 2.45) is 16.3 Å². The molecule has 0 aromatic heterocycles. The summed E-state index contributed by atoms with van der Waals surface area (Å²) in [6.45, 7) is 12.2. The Morgan fingerprint density at radius 2 is 1.89 bits per heavy atom. The molecule has 1 atom stereocenters. The van der Waals surface area contributed by atoms with Gasteiger partial charge in [-0.2, -0.15) is 0 Å². The van der Waals surface area contributed by atoms with Gasteiger partial charge in [0.2, 0.25) is 0 Å². The van der Waals surface area contributed by atoms with E-state index in [0.717, 1.165) is 64.9 Å². The molecule has 0 amide bonds. The summed E-state index contributed by atoms with van der Waals surface area (Å²) in [5, 5.41) is 16.4. The molecule has 0 aromatic carbocycles. The first-order valence-corrected chi connectivity index (χ1v) is 10.6. The first kappa shape index (κ1) is 24.9. The molecule has 0 bridgehead atoms. The van der Waals surface area contributed by atoms with Crippen LogP contribution in [0.3, 0.4) is 0 Å². The summed E-state index contributed by atoms with van der Waals surface area (Å²) in [7, 11) is 0. The van der Waals surface area contributed by atoms with Gasteiger partial charge in [0, 0.05) is 45.9 Å². The Morgan fingerprint density at radius 3 is 2.52 bits per heavy atom. The molecule has 2 aliphatic rings. The smallest absolute Gasteiger partial charge is 0.191 e. The monoisotopic (exact) mass is 496 g/mol. The molecule has 1 unspecified atom stereocenters. The fourth-order valence-corrected chi connectivity index (χ4v) is 4.17. The van der Waals surface area contributed by atoms with Gasteiger partial charge in [0.1, 0.15) is 0 Å².